The number of alkyl carbamates (subject to hydrolysis) is 1. The highest BCUT2D eigenvalue weighted by Crippen LogP contribution is 2.65. The van der Waals surface area contributed by atoms with Gasteiger partial charge >= 0.3 is 30.1 Å². The Morgan fingerprint density at radius 1 is 0.915 bits per heavy atom. The maximum Gasteiger partial charge on any atom is 0.410 e. The van der Waals surface area contributed by atoms with Crippen molar-refractivity contribution in [3.05, 3.63) is 82.9 Å². The van der Waals surface area contributed by atoms with Gasteiger partial charge in [0.2, 0.25) is 6.10 Å². The number of rotatable bonds is 13. The number of fused-ring (bicyclic) bond motifs is 5. The van der Waals surface area contributed by atoms with Gasteiger partial charge in [-0.3, -0.25) is 14.5 Å². The summed E-state index contributed by atoms with van der Waals surface area (Å²) in [5.74, 6) is -4.53. The fourth-order valence-corrected chi connectivity index (χ4v) is 11.8. The summed E-state index contributed by atoms with van der Waals surface area (Å²) in [6.07, 6.45) is -9.32. The first-order chi connectivity index (χ1) is 33.5. The number of methoxy groups -OCH3 is 2. The van der Waals surface area contributed by atoms with Crippen LogP contribution in [-0.2, 0) is 52.3 Å². The summed E-state index contributed by atoms with van der Waals surface area (Å²) >= 11 is 0. The molecule has 2 N–H and O–H groups in total. The molecule has 18 nitrogen and oxygen atoms in total. The van der Waals surface area contributed by atoms with Crippen LogP contribution in [0.2, 0.25) is 0 Å². The van der Waals surface area contributed by atoms with E-state index in [1.165, 1.54) is 26.0 Å². The van der Waals surface area contributed by atoms with E-state index in [0.29, 0.717) is 37.3 Å². The van der Waals surface area contributed by atoms with E-state index in [4.69, 9.17) is 37.9 Å². The quantitative estimate of drug-likeness (QED) is 0.139. The summed E-state index contributed by atoms with van der Waals surface area (Å²) in [7, 11) is 2.80. The number of carbonyl (C=O) groups excluding carboxylic acids is 6. The normalized spacial score (nSPS) is 31.2. The second-order valence-electron chi connectivity index (χ2n) is 21.2. The van der Waals surface area contributed by atoms with Crippen molar-refractivity contribution in [3.8, 4) is 0 Å². The molecule has 2 saturated carbocycles. The van der Waals surface area contributed by atoms with Gasteiger partial charge in [0.25, 0.3) is 0 Å². The molecule has 2 amide bonds. The first kappa shape index (κ1) is 53.4. The van der Waals surface area contributed by atoms with Crippen LogP contribution in [0, 0.1) is 16.7 Å². The SMILES string of the molecule is CCCN1CCN(C(=O)O[C@@H](C(=O)O[C@H]2C[C@@]3(O)[C@@H](OC(=O)c4ccccc4)[C@@H]4[C@]5(OC(C)=O)CO[C@@H]5C[C@H](OC)[C@@]4(C)C(=O)[C@H](OC)C(=C2C)C3(C)C)[C@@H](NC(=O)OC(C)(C)C)c2ccccc2)CC1. The van der Waals surface area contributed by atoms with Gasteiger partial charge in [-0.15, -0.1) is 0 Å². The number of amides is 2. The number of piperazine rings is 1. The highest BCUT2D eigenvalue weighted by Gasteiger charge is 2.78. The van der Waals surface area contributed by atoms with Crippen LogP contribution in [0.5, 0.6) is 0 Å². The Balaban J connectivity index is 1.38. The molecule has 2 heterocycles. The lowest BCUT2D eigenvalue weighted by Gasteiger charge is -2.67. The van der Waals surface area contributed by atoms with Gasteiger partial charge in [0.05, 0.1) is 29.6 Å². The molecule has 0 spiro atoms. The van der Waals surface area contributed by atoms with Gasteiger partial charge in [-0.05, 0) is 76.4 Å². The Labute approximate surface area is 415 Å². The molecule has 2 aromatic rings. The molecule has 71 heavy (non-hydrogen) atoms. The standard InChI is InChI=1S/C53H71N3O15/c1-12-23-55-24-26-56(27-25-55)48(62)68-41(39(33-19-15-13-16-20-33)54-47(61)71-49(4,5)6)46(60)67-35-29-53(63)44(69-45(59)34-21-17-14-18-22-34)42-51(9,43(58)40(65-11)38(31(35)2)50(53,7)8)36(64-10)28-37-52(42,30-66-37)70-32(3)57/h13-22,35-37,39-42,44,63H,12,23-30H2,1-11H3,(H,54,61)/t35-,36-,37+,39-,40+,41+,42-,44-,51+,52-,53+/m0/s1. The Hall–Kier alpha value is -5.40. The van der Waals surface area contributed by atoms with Crippen LogP contribution in [0.25, 0.3) is 0 Å². The maximum atomic E-state index is 15.8. The van der Waals surface area contributed by atoms with Crippen LogP contribution in [0.1, 0.15) is 104 Å². The zero-order valence-electron chi connectivity index (χ0n) is 42.8. The highest BCUT2D eigenvalue weighted by atomic mass is 16.6. The third kappa shape index (κ3) is 9.94. The molecule has 2 saturated heterocycles. The van der Waals surface area contributed by atoms with E-state index in [0.717, 1.165) is 13.0 Å². The molecule has 5 aliphatic rings. The number of esters is 3. The first-order valence-corrected chi connectivity index (χ1v) is 24.5. The van der Waals surface area contributed by atoms with E-state index in [-0.39, 0.29) is 24.2 Å². The van der Waals surface area contributed by atoms with Gasteiger partial charge in [0.15, 0.2) is 11.4 Å². The lowest BCUT2D eigenvalue weighted by molar-refractivity contribution is -0.347. The number of ketones is 1. The van der Waals surface area contributed by atoms with E-state index >= 15 is 9.59 Å². The monoisotopic (exact) mass is 989 g/mol. The molecule has 0 radical (unpaired) electrons. The Bertz CT molecular complexity index is 2350. The summed E-state index contributed by atoms with van der Waals surface area (Å²) in [4.78, 5) is 90.6. The second-order valence-corrected chi connectivity index (χ2v) is 21.2. The summed E-state index contributed by atoms with van der Waals surface area (Å²) in [5, 5.41) is 16.8. The smallest absolute Gasteiger partial charge is 0.410 e. The Morgan fingerprint density at radius 2 is 1.55 bits per heavy atom. The van der Waals surface area contributed by atoms with Gasteiger partial charge in [-0.1, -0.05) is 69.3 Å². The van der Waals surface area contributed by atoms with Crippen LogP contribution in [0.4, 0.5) is 9.59 Å². The number of Topliss-reactive ketones (excluding diaryl/α,β-unsaturated/α-hetero) is 1. The molecular weight excluding hydrogens is 919 g/mol. The predicted molar refractivity (Wildman–Crippen MR) is 256 cm³/mol. The van der Waals surface area contributed by atoms with Crippen molar-refractivity contribution in [1.29, 1.82) is 0 Å². The van der Waals surface area contributed by atoms with Crippen molar-refractivity contribution >= 4 is 35.9 Å². The van der Waals surface area contributed by atoms with Crippen molar-refractivity contribution in [2.24, 2.45) is 16.7 Å². The number of hydrogen-bond acceptors (Lipinski definition) is 16. The minimum atomic E-state index is -2.28. The van der Waals surface area contributed by atoms with Gasteiger partial charge < -0.3 is 53.2 Å². The summed E-state index contributed by atoms with van der Waals surface area (Å²) in [5.41, 5.74) is -6.99. The average molecular weight is 990 g/mol. The summed E-state index contributed by atoms with van der Waals surface area (Å²) in [6.45, 7) is 17.5. The molecule has 2 bridgehead atoms. The first-order valence-electron chi connectivity index (χ1n) is 24.5. The topological polar surface area (TPSA) is 215 Å². The van der Waals surface area contributed by atoms with Crippen molar-refractivity contribution in [3.63, 3.8) is 0 Å². The number of ether oxygens (including phenoxy) is 8. The third-order valence-electron chi connectivity index (χ3n) is 15.4. The van der Waals surface area contributed by atoms with Gasteiger partial charge in [0.1, 0.15) is 41.7 Å². The van der Waals surface area contributed by atoms with Crippen molar-refractivity contribution < 1.29 is 71.8 Å². The van der Waals surface area contributed by atoms with Gasteiger partial charge in [-0.2, -0.15) is 0 Å². The molecule has 388 valence electrons. The molecule has 3 aliphatic carbocycles. The molecule has 0 aromatic heterocycles. The Morgan fingerprint density at radius 3 is 2.10 bits per heavy atom. The van der Waals surface area contributed by atoms with E-state index < -0.39 is 119 Å². The van der Waals surface area contributed by atoms with Crippen molar-refractivity contribution in [2.75, 3.05) is 53.6 Å². The number of carbonyl (C=O) groups is 6. The van der Waals surface area contributed by atoms with Crippen LogP contribution in [-0.4, -0.2) is 158 Å². The fourth-order valence-electron chi connectivity index (χ4n) is 11.8. The molecule has 11 atom stereocenters. The molecule has 0 unspecified atom stereocenters. The molecule has 2 aromatic carbocycles. The second kappa shape index (κ2) is 20.6. The van der Waals surface area contributed by atoms with Gasteiger partial charge in [0, 0.05) is 65.6 Å². The predicted octanol–water partition coefficient (Wildman–Crippen LogP) is 5.74. The maximum absolute atomic E-state index is 15.8. The number of hydrogen-bond donors (Lipinski definition) is 2. The third-order valence-corrected chi connectivity index (χ3v) is 15.4. The Kier molecular flexibility index (Phi) is 15.5. The lowest BCUT2D eigenvalue weighted by Crippen LogP contribution is -2.82. The van der Waals surface area contributed by atoms with E-state index in [1.807, 2.05) is 0 Å². The number of nitrogens with zero attached hydrogens (tertiary/aromatic N) is 2. The molecule has 2 aliphatic heterocycles. The molecule has 18 heteroatoms. The van der Waals surface area contributed by atoms with Crippen LogP contribution < -0.4 is 5.32 Å². The number of aliphatic hydroxyl groups is 1. The van der Waals surface area contributed by atoms with Crippen molar-refractivity contribution in [2.45, 2.75) is 141 Å². The zero-order chi connectivity index (χ0) is 51.8. The lowest BCUT2D eigenvalue weighted by atomic mass is 9.44. The van der Waals surface area contributed by atoms with Gasteiger partial charge in [-0.25, -0.2) is 19.2 Å². The summed E-state index contributed by atoms with van der Waals surface area (Å²) < 4.78 is 49.6. The van der Waals surface area contributed by atoms with Crippen LogP contribution in [0.15, 0.2) is 71.8 Å². The van der Waals surface area contributed by atoms with E-state index in [9.17, 15) is 24.3 Å². The molecule has 4 fully saturated rings. The summed E-state index contributed by atoms with van der Waals surface area (Å²) in [6, 6.07) is 15.2. The van der Waals surface area contributed by atoms with E-state index in [2.05, 4.69) is 17.1 Å². The minimum absolute atomic E-state index is 0.104. The molecular formula is C53H71N3O15. The highest BCUT2D eigenvalue weighted by molar-refractivity contribution is 5.94. The van der Waals surface area contributed by atoms with Crippen molar-refractivity contribution in [1.82, 2.24) is 15.1 Å². The molecule has 7 rings (SSSR count). The zero-order valence-corrected chi connectivity index (χ0v) is 42.8. The fraction of sp³-hybridized carbons (Fsp3) is 0.623. The van der Waals surface area contributed by atoms with E-state index in [1.54, 1.807) is 109 Å². The number of nitrogens with one attached hydrogen (secondary N) is 1. The van der Waals surface area contributed by atoms with Crippen LogP contribution in [0.3, 0.4) is 0 Å². The largest absolute Gasteiger partial charge is 0.455 e. The minimum Gasteiger partial charge on any atom is -0.455 e. The average Bonchev–Trinajstić information content (AvgIpc) is 3.31. The van der Waals surface area contributed by atoms with Crippen LogP contribution >= 0.6 is 0 Å². The number of benzene rings is 2.